The average molecular weight is 286 g/mol. The summed E-state index contributed by atoms with van der Waals surface area (Å²) in [5.74, 6) is -3.56. The van der Waals surface area contributed by atoms with Crippen molar-refractivity contribution in [1.82, 2.24) is 0 Å². The molecular weight excluding hydrogens is 278 g/mol. The summed E-state index contributed by atoms with van der Waals surface area (Å²) in [6.45, 7) is 0. The largest absolute Gasteiger partial charge is 0.417 e. The number of nitrogens with two attached hydrogens (primary N) is 2. The molecule has 1 rings (SSSR count). The molecule has 0 saturated heterocycles. The normalized spacial score (nSPS) is 10.4. The van der Waals surface area contributed by atoms with Crippen molar-refractivity contribution in [2.24, 2.45) is 16.5 Å². The van der Waals surface area contributed by atoms with Gasteiger partial charge in [-0.3, -0.25) is 4.79 Å². The number of benzene rings is 1. The van der Waals surface area contributed by atoms with E-state index in [1.165, 1.54) is 0 Å². The van der Waals surface area contributed by atoms with Gasteiger partial charge in [0.05, 0.1) is 11.1 Å². The smallest absolute Gasteiger partial charge is 0.370 e. The Balaban J connectivity index is 0.00000289. The van der Waals surface area contributed by atoms with Gasteiger partial charge in [0.25, 0.3) is 5.91 Å². The van der Waals surface area contributed by atoms with E-state index in [2.05, 4.69) is 4.99 Å². The van der Waals surface area contributed by atoms with Gasteiger partial charge in [0.15, 0.2) is 5.96 Å². The van der Waals surface area contributed by atoms with Gasteiger partial charge in [-0.2, -0.15) is 18.2 Å². The van der Waals surface area contributed by atoms with E-state index in [1.54, 1.807) is 0 Å². The highest BCUT2D eigenvalue weighted by atomic mass is 35.5. The summed E-state index contributed by atoms with van der Waals surface area (Å²) in [7, 11) is 0. The summed E-state index contributed by atoms with van der Waals surface area (Å²) < 4.78 is 50.7. The van der Waals surface area contributed by atoms with E-state index in [9.17, 15) is 22.4 Å². The van der Waals surface area contributed by atoms with E-state index in [-0.39, 0.29) is 12.4 Å². The minimum absolute atomic E-state index is 0. The molecule has 4 nitrogen and oxygen atoms in total. The molecule has 0 atom stereocenters. The lowest BCUT2D eigenvalue weighted by Gasteiger charge is -2.10. The molecule has 0 aliphatic carbocycles. The first-order valence-electron chi connectivity index (χ1n) is 4.23. The van der Waals surface area contributed by atoms with Gasteiger partial charge in [0, 0.05) is 0 Å². The SMILES string of the molecule is Cl.NC(N)=NC(=O)c1c(F)cccc1C(F)(F)F. The maximum absolute atomic E-state index is 13.2. The number of carbonyl (C=O) groups excluding carboxylic acids is 1. The molecule has 9 heteroatoms. The number of alkyl halides is 3. The van der Waals surface area contributed by atoms with Crippen LogP contribution < -0.4 is 11.5 Å². The Bertz CT molecular complexity index is 483. The second-order valence-corrected chi connectivity index (χ2v) is 3.00. The first kappa shape index (κ1) is 16.2. The Morgan fingerprint density at radius 3 is 2.22 bits per heavy atom. The summed E-state index contributed by atoms with van der Waals surface area (Å²) in [6, 6.07) is 2.12. The van der Waals surface area contributed by atoms with Crippen molar-refractivity contribution < 1.29 is 22.4 Å². The summed E-state index contributed by atoms with van der Waals surface area (Å²) >= 11 is 0. The second kappa shape index (κ2) is 5.67. The second-order valence-electron chi connectivity index (χ2n) is 3.00. The number of carbonyl (C=O) groups is 1. The Morgan fingerprint density at radius 2 is 1.78 bits per heavy atom. The predicted molar refractivity (Wildman–Crippen MR) is 58.8 cm³/mol. The quantitative estimate of drug-likeness (QED) is 0.468. The van der Waals surface area contributed by atoms with Crippen LogP contribution in [0, 0.1) is 5.82 Å². The fraction of sp³-hybridized carbons (Fsp3) is 0.111. The maximum atomic E-state index is 13.2. The van der Waals surface area contributed by atoms with Crippen LogP contribution in [0.3, 0.4) is 0 Å². The lowest BCUT2D eigenvalue weighted by Crippen LogP contribution is -2.25. The highest BCUT2D eigenvalue weighted by molar-refractivity contribution is 6.03. The number of hydrogen-bond acceptors (Lipinski definition) is 1. The summed E-state index contributed by atoms with van der Waals surface area (Å²) in [6.07, 6.45) is -4.87. The molecule has 0 aliphatic rings. The van der Waals surface area contributed by atoms with Crippen molar-refractivity contribution >= 4 is 24.3 Å². The summed E-state index contributed by atoms with van der Waals surface area (Å²) in [5, 5.41) is 0. The van der Waals surface area contributed by atoms with Crippen molar-refractivity contribution in [3.63, 3.8) is 0 Å². The average Bonchev–Trinajstić information content (AvgIpc) is 2.14. The molecule has 1 aromatic rings. The number of rotatable bonds is 1. The van der Waals surface area contributed by atoms with Gasteiger partial charge in [-0.25, -0.2) is 4.39 Å². The van der Waals surface area contributed by atoms with Crippen molar-refractivity contribution in [3.8, 4) is 0 Å². The molecule has 100 valence electrons. The van der Waals surface area contributed by atoms with Gasteiger partial charge < -0.3 is 11.5 Å². The van der Waals surface area contributed by atoms with Gasteiger partial charge in [-0.15, -0.1) is 12.4 Å². The third kappa shape index (κ3) is 3.59. The molecule has 0 saturated carbocycles. The fourth-order valence-electron chi connectivity index (χ4n) is 1.15. The van der Waals surface area contributed by atoms with Gasteiger partial charge in [0.1, 0.15) is 5.82 Å². The van der Waals surface area contributed by atoms with E-state index < -0.39 is 35.0 Å². The molecule has 0 radical (unpaired) electrons. The minimum atomic E-state index is -4.87. The van der Waals surface area contributed by atoms with Crippen molar-refractivity contribution in [2.45, 2.75) is 6.18 Å². The van der Waals surface area contributed by atoms with Gasteiger partial charge in [-0.05, 0) is 12.1 Å². The molecule has 4 N–H and O–H groups in total. The van der Waals surface area contributed by atoms with Crippen molar-refractivity contribution in [2.75, 3.05) is 0 Å². The number of aliphatic imine (C=N–C) groups is 1. The van der Waals surface area contributed by atoms with Crippen LogP contribution in [-0.4, -0.2) is 11.9 Å². The molecular formula is C9H8ClF4N3O. The first-order chi connectivity index (χ1) is 7.73. The van der Waals surface area contributed by atoms with E-state index in [4.69, 9.17) is 11.5 Å². The molecule has 1 amide bonds. The standard InChI is InChI=1S/C9H7F4N3O.ClH/c10-5-3-1-2-4(9(11,12)13)6(5)7(17)16-8(14)15;/h1-3H,(H4,14,15,16,17);1H. The van der Waals surface area contributed by atoms with Crippen LogP contribution in [0.5, 0.6) is 0 Å². The maximum Gasteiger partial charge on any atom is 0.417 e. The highest BCUT2D eigenvalue weighted by Crippen LogP contribution is 2.33. The van der Waals surface area contributed by atoms with E-state index in [0.717, 1.165) is 6.07 Å². The monoisotopic (exact) mass is 285 g/mol. The fourth-order valence-corrected chi connectivity index (χ4v) is 1.15. The van der Waals surface area contributed by atoms with Crippen LogP contribution in [-0.2, 0) is 6.18 Å². The lowest BCUT2D eigenvalue weighted by atomic mass is 10.1. The summed E-state index contributed by atoms with van der Waals surface area (Å²) in [4.78, 5) is 14.1. The highest BCUT2D eigenvalue weighted by Gasteiger charge is 2.36. The van der Waals surface area contributed by atoms with E-state index in [0.29, 0.717) is 12.1 Å². The Morgan fingerprint density at radius 1 is 1.22 bits per heavy atom. The topological polar surface area (TPSA) is 81.5 Å². The molecule has 1 aromatic carbocycles. The van der Waals surface area contributed by atoms with Crippen LogP contribution in [0.1, 0.15) is 15.9 Å². The molecule has 0 fully saturated rings. The Kier molecular flexibility index (Phi) is 5.10. The molecule has 0 unspecified atom stereocenters. The van der Waals surface area contributed by atoms with Gasteiger partial charge in [0.2, 0.25) is 0 Å². The van der Waals surface area contributed by atoms with E-state index in [1.807, 2.05) is 0 Å². The zero-order valence-corrected chi connectivity index (χ0v) is 9.48. The zero-order chi connectivity index (χ0) is 13.2. The molecule has 18 heavy (non-hydrogen) atoms. The Hall–Kier alpha value is -1.83. The van der Waals surface area contributed by atoms with Gasteiger partial charge >= 0.3 is 6.18 Å². The van der Waals surface area contributed by atoms with Crippen molar-refractivity contribution in [1.29, 1.82) is 0 Å². The molecule has 0 spiro atoms. The zero-order valence-electron chi connectivity index (χ0n) is 8.66. The van der Waals surface area contributed by atoms with E-state index >= 15 is 0 Å². The number of hydrogen-bond donors (Lipinski definition) is 2. The first-order valence-corrected chi connectivity index (χ1v) is 4.23. The number of nitrogens with zero attached hydrogens (tertiary/aromatic N) is 1. The minimum Gasteiger partial charge on any atom is -0.370 e. The van der Waals surface area contributed by atoms with Crippen molar-refractivity contribution in [3.05, 3.63) is 35.1 Å². The molecule has 0 aliphatic heterocycles. The predicted octanol–water partition coefficient (Wildman–Crippen LogP) is 1.68. The molecule has 0 bridgehead atoms. The van der Waals surface area contributed by atoms with Gasteiger partial charge in [-0.1, -0.05) is 6.07 Å². The number of amides is 1. The van der Waals surface area contributed by atoms with Crippen LogP contribution >= 0.6 is 12.4 Å². The van der Waals surface area contributed by atoms with Crippen LogP contribution in [0.15, 0.2) is 23.2 Å². The number of halogens is 5. The molecule has 0 heterocycles. The van der Waals surface area contributed by atoms with Crippen LogP contribution in [0.2, 0.25) is 0 Å². The molecule has 0 aromatic heterocycles. The number of guanidine groups is 1. The van der Waals surface area contributed by atoms with Crippen LogP contribution in [0.25, 0.3) is 0 Å². The Labute approximate surface area is 105 Å². The third-order valence-electron chi connectivity index (χ3n) is 1.76. The van der Waals surface area contributed by atoms with Crippen LogP contribution in [0.4, 0.5) is 17.6 Å². The summed E-state index contributed by atoms with van der Waals surface area (Å²) in [5.41, 5.74) is 7.06. The third-order valence-corrected chi connectivity index (χ3v) is 1.76. The lowest BCUT2D eigenvalue weighted by molar-refractivity contribution is -0.138.